The normalized spacial score (nSPS) is 21.8. The summed E-state index contributed by atoms with van der Waals surface area (Å²) in [5.41, 5.74) is 0. The van der Waals surface area contributed by atoms with Gasteiger partial charge in [-0.3, -0.25) is 0 Å². The molecule has 2 unspecified atom stereocenters. The Labute approximate surface area is 131 Å². The zero-order chi connectivity index (χ0) is 15.2. The third kappa shape index (κ3) is 11.6. The topological polar surface area (TPSA) is 18.5 Å². The first kappa shape index (κ1) is 19.8. The van der Waals surface area contributed by atoms with Gasteiger partial charge in [0.25, 0.3) is 0 Å². The first-order valence-corrected chi connectivity index (χ1v) is 11.0. The third-order valence-electron chi connectivity index (χ3n) is 3.04. The minimum atomic E-state index is -0.197. The van der Waals surface area contributed by atoms with Gasteiger partial charge in [0.05, 0.1) is 0 Å². The average Bonchev–Trinajstić information content (AvgIpc) is 3.18. The van der Waals surface area contributed by atoms with Gasteiger partial charge in [0.1, 0.15) is 6.10 Å². The van der Waals surface area contributed by atoms with E-state index < -0.39 is 0 Å². The van der Waals surface area contributed by atoms with Gasteiger partial charge in [0.2, 0.25) is 0 Å². The second-order valence-corrected chi connectivity index (χ2v) is 6.45. The van der Waals surface area contributed by atoms with Crippen LogP contribution in [0.2, 0.25) is 6.55 Å². The van der Waals surface area contributed by atoms with Crippen molar-refractivity contribution in [2.45, 2.75) is 38.8 Å². The fraction of sp³-hybridized carbons (Fsp3) is 0.600. The molecule has 0 radical (unpaired) electrons. The van der Waals surface area contributed by atoms with E-state index >= 15 is 0 Å². The molecule has 1 saturated carbocycles. The maximum absolute atomic E-state index is 5.50. The Kier molecular flexibility index (Phi) is 13.7. The van der Waals surface area contributed by atoms with E-state index in [9.17, 15) is 0 Å². The molecule has 1 fully saturated rings. The van der Waals surface area contributed by atoms with Gasteiger partial charge in [0, 0.05) is 16.1 Å². The first-order chi connectivity index (χ1) is 9.69. The molecule has 0 N–H and O–H groups in total. The molecule has 5 heteroatoms. The van der Waals surface area contributed by atoms with E-state index in [0.717, 1.165) is 18.4 Å². The molecule has 0 saturated heterocycles. The van der Waals surface area contributed by atoms with Gasteiger partial charge in [-0.05, 0) is 44.1 Å². The minimum absolute atomic E-state index is 0.00585. The molecule has 0 amide bonds. The molecule has 4 atom stereocenters. The van der Waals surface area contributed by atoms with E-state index in [-0.39, 0.29) is 15.9 Å². The van der Waals surface area contributed by atoms with Crippen molar-refractivity contribution in [1.29, 1.82) is 0 Å². The molecule has 1 aliphatic carbocycles. The van der Waals surface area contributed by atoms with Gasteiger partial charge in [-0.1, -0.05) is 45.6 Å². The summed E-state index contributed by atoms with van der Waals surface area (Å²) in [5, 5.41) is 0. The Hall–Kier alpha value is -0.176. The highest BCUT2D eigenvalue weighted by atomic mass is 31.0. The summed E-state index contributed by atoms with van der Waals surface area (Å²) < 4.78 is 10.5. The molecular formula is C15H27O2PSi2. The lowest BCUT2D eigenvalue weighted by atomic mass is 10.2. The first-order valence-electron chi connectivity index (χ1n) is 7.08. The van der Waals surface area contributed by atoms with Crippen molar-refractivity contribution < 1.29 is 8.95 Å². The number of allylic oxidation sites excluding steroid dienone is 2. The monoisotopic (exact) mass is 326 g/mol. The van der Waals surface area contributed by atoms with Crippen LogP contribution in [0.25, 0.3) is 0 Å². The highest BCUT2D eigenvalue weighted by molar-refractivity contribution is 7.09. The maximum atomic E-state index is 5.50. The predicted octanol–water partition coefficient (Wildman–Crippen LogP) is 1.86. The van der Waals surface area contributed by atoms with Crippen LogP contribution in [0.1, 0.15) is 26.2 Å². The van der Waals surface area contributed by atoms with Crippen LogP contribution in [-0.2, 0) is 8.95 Å². The van der Waals surface area contributed by atoms with Gasteiger partial charge >= 0.3 is 0 Å². The van der Waals surface area contributed by atoms with E-state index in [2.05, 4.69) is 46.3 Å². The van der Waals surface area contributed by atoms with E-state index in [1.807, 2.05) is 13.0 Å². The number of hydrogen-bond acceptors (Lipinski definition) is 2. The fourth-order valence-corrected chi connectivity index (χ4v) is 2.36. The maximum Gasteiger partial charge on any atom is 0.158 e. The molecule has 20 heavy (non-hydrogen) atoms. The summed E-state index contributed by atoms with van der Waals surface area (Å²) in [4.78, 5) is 0. The molecule has 1 rings (SSSR count). The summed E-state index contributed by atoms with van der Waals surface area (Å²) in [7, 11) is 2.62. The van der Waals surface area contributed by atoms with Crippen LogP contribution in [0.3, 0.4) is 0 Å². The lowest BCUT2D eigenvalue weighted by molar-refractivity contribution is 0.317. The molecule has 0 heterocycles. The van der Waals surface area contributed by atoms with Crippen LogP contribution in [0, 0.1) is 23.7 Å². The standard InChI is InChI=1S/C13H23O2PSi.C2H4Si/c1-11(15-16)6-4-3-5-7-12-10-13(12)8-9-14-17-2;1-3-2/h3,5,11-13H,7-10,16-17H2,1-2H3;1-2H2/b5-3-;/t11?,12-,13-;/m1./s1. The smallest absolute Gasteiger partial charge is 0.158 e. The largest absolute Gasteiger partial charge is 0.424 e. The summed E-state index contributed by atoms with van der Waals surface area (Å²) >= 11 is 0. The zero-order valence-corrected chi connectivity index (χ0v) is 16.3. The number of rotatable bonds is 7. The van der Waals surface area contributed by atoms with Crippen molar-refractivity contribution in [3.8, 4) is 11.8 Å². The molecule has 0 spiro atoms. The number of hydrogen-bond donors (Lipinski definition) is 0. The molecule has 112 valence electrons. The van der Waals surface area contributed by atoms with E-state index in [0.29, 0.717) is 8.74 Å². The third-order valence-corrected chi connectivity index (χ3v) is 4.14. The average molecular weight is 327 g/mol. The van der Waals surface area contributed by atoms with Crippen molar-refractivity contribution in [2.24, 2.45) is 11.8 Å². The highest BCUT2D eigenvalue weighted by Gasteiger charge is 2.34. The van der Waals surface area contributed by atoms with Crippen LogP contribution in [0.15, 0.2) is 12.2 Å². The highest BCUT2D eigenvalue weighted by Crippen LogP contribution is 2.43. The lowest BCUT2D eigenvalue weighted by Gasteiger charge is -1.99. The predicted molar refractivity (Wildman–Crippen MR) is 98.4 cm³/mol. The van der Waals surface area contributed by atoms with Crippen LogP contribution in [0.4, 0.5) is 0 Å². The van der Waals surface area contributed by atoms with E-state index in [4.69, 9.17) is 8.95 Å². The lowest BCUT2D eigenvalue weighted by Crippen LogP contribution is -1.97. The second-order valence-electron chi connectivity index (χ2n) is 4.70. The van der Waals surface area contributed by atoms with E-state index in [1.165, 1.54) is 19.3 Å². The van der Waals surface area contributed by atoms with Gasteiger partial charge < -0.3 is 8.95 Å². The zero-order valence-electron chi connectivity index (χ0n) is 12.7. The van der Waals surface area contributed by atoms with Crippen LogP contribution in [0.5, 0.6) is 0 Å². The van der Waals surface area contributed by atoms with Gasteiger partial charge in [-0.2, -0.15) is 0 Å². The molecule has 0 bridgehead atoms. The van der Waals surface area contributed by atoms with Gasteiger partial charge in [0.15, 0.2) is 9.76 Å². The van der Waals surface area contributed by atoms with Gasteiger partial charge in [-0.25, -0.2) is 0 Å². The Morgan fingerprint density at radius 2 is 2.20 bits per heavy atom. The van der Waals surface area contributed by atoms with Crippen molar-refractivity contribution >= 4 is 40.3 Å². The molecule has 0 aromatic rings. The molecule has 2 nitrogen and oxygen atoms in total. The van der Waals surface area contributed by atoms with Gasteiger partial charge in [-0.15, -0.1) is 0 Å². The van der Waals surface area contributed by atoms with Crippen molar-refractivity contribution in [1.82, 2.24) is 0 Å². The van der Waals surface area contributed by atoms with Crippen LogP contribution >= 0.6 is 9.47 Å². The Balaban J connectivity index is 0.00000110. The Morgan fingerprint density at radius 3 is 2.80 bits per heavy atom. The Morgan fingerprint density at radius 1 is 1.50 bits per heavy atom. The minimum Gasteiger partial charge on any atom is -0.424 e. The summed E-state index contributed by atoms with van der Waals surface area (Å²) in [6.45, 7) is 5.10. The van der Waals surface area contributed by atoms with E-state index in [1.54, 1.807) is 0 Å². The molecule has 1 aliphatic rings. The molecular weight excluding hydrogens is 299 g/mol. The molecule has 0 aromatic carbocycles. The van der Waals surface area contributed by atoms with Crippen molar-refractivity contribution in [2.75, 3.05) is 6.61 Å². The van der Waals surface area contributed by atoms with Crippen molar-refractivity contribution in [3.05, 3.63) is 12.2 Å². The quantitative estimate of drug-likeness (QED) is 0.308. The van der Waals surface area contributed by atoms with Crippen LogP contribution in [-0.4, -0.2) is 43.6 Å². The molecule has 0 aromatic heterocycles. The summed E-state index contributed by atoms with van der Waals surface area (Å²) in [6, 6.07) is 0. The summed E-state index contributed by atoms with van der Waals surface area (Å²) in [5.74, 6) is 7.77. The SMILES string of the molecule is C=[Si]=C.C[SiH2]OCC[C@@H]1C[C@H]1C/C=C\C#CC(C)OP. The Bertz CT molecular complexity index is 368. The second kappa shape index (κ2) is 13.8. The van der Waals surface area contributed by atoms with Crippen LogP contribution < -0.4 is 0 Å². The molecule has 0 aliphatic heterocycles. The summed E-state index contributed by atoms with van der Waals surface area (Å²) in [6.07, 6.45) is 14.7. The van der Waals surface area contributed by atoms with Crippen molar-refractivity contribution in [3.63, 3.8) is 0 Å². The fourth-order valence-electron chi connectivity index (χ4n) is 1.83.